The van der Waals surface area contributed by atoms with E-state index in [0.29, 0.717) is 25.5 Å². The van der Waals surface area contributed by atoms with Crippen LogP contribution < -0.4 is 16.4 Å². The zero-order valence-corrected chi connectivity index (χ0v) is 22.2. The molecule has 1 fully saturated rings. The van der Waals surface area contributed by atoms with Crippen LogP contribution >= 0.6 is 11.6 Å². The molecule has 4 rings (SSSR count). The summed E-state index contributed by atoms with van der Waals surface area (Å²) in [4.78, 5) is 27.8. The Morgan fingerprint density at radius 3 is 2.53 bits per heavy atom. The van der Waals surface area contributed by atoms with Gasteiger partial charge in [-0.1, -0.05) is 48.5 Å². The van der Waals surface area contributed by atoms with Crippen molar-refractivity contribution in [3.63, 3.8) is 0 Å². The Kier molecular flexibility index (Phi) is 11.5. The number of carbonyl (C=O) groups is 2. The Morgan fingerprint density at radius 2 is 1.92 bits per heavy atom. The molecule has 2 atom stereocenters. The van der Waals surface area contributed by atoms with E-state index in [0.717, 1.165) is 28.3 Å². The fraction of sp³-hybridized carbons (Fsp3) is 0.333. The molecule has 2 unspecified atom stereocenters. The lowest BCUT2D eigenvalue weighted by Crippen LogP contribution is -2.61. The maximum atomic E-state index is 11.5. The molecule has 194 valence electrons. The van der Waals surface area contributed by atoms with Crippen LogP contribution in [0.5, 0.6) is 0 Å². The number of nitrogens with two attached hydrogens (primary N) is 1. The number of amides is 2. The fourth-order valence-electron chi connectivity index (χ4n) is 3.96. The maximum absolute atomic E-state index is 11.5. The summed E-state index contributed by atoms with van der Waals surface area (Å²) in [6.45, 7) is 9.79. The van der Waals surface area contributed by atoms with E-state index >= 15 is 0 Å². The highest BCUT2D eigenvalue weighted by molar-refractivity contribution is 6.30. The van der Waals surface area contributed by atoms with Crippen molar-refractivity contribution in [2.24, 2.45) is 5.73 Å². The van der Waals surface area contributed by atoms with Crippen LogP contribution in [-0.4, -0.2) is 66.5 Å². The Morgan fingerprint density at radius 1 is 1.22 bits per heavy atom. The van der Waals surface area contributed by atoms with E-state index in [-0.39, 0.29) is 12.1 Å². The molecule has 2 amide bonds. The lowest BCUT2D eigenvalue weighted by molar-refractivity contribution is -0.135. The second kappa shape index (κ2) is 14.3. The van der Waals surface area contributed by atoms with Gasteiger partial charge < -0.3 is 26.3 Å². The van der Waals surface area contributed by atoms with Gasteiger partial charge in [-0.25, -0.2) is 0 Å². The van der Waals surface area contributed by atoms with Crippen LogP contribution in [0.15, 0.2) is 61.3 Å². The SMILES string of the molecule is C=C(NC)c1c[nH]c2ccccc12.CC(=O)N1CC(C)N(Cc2cccc(Cl)c2)CC1N.CNC=O. The second-order valence-electron chi connectivity index (χ2n) is 8.53. The number of benzene rings is 2. The predicted octanol–water partition coefficient (Wildman–Crippen LogP) is 3.40. The number of hydrogen-bond acceptors (Lipinski definition) is 5. The molecular weight excluding hydrogens is 476 g/mol. The Bertz CT molecular complexity index is 1150. The van der Waals surface area contributed by atoms with Crippen LogP contribution in [0.4, 0.5) is 0 Å². The first-order valence-electron chi connectivity index (χ1n) is 11.8. The van der Waals surface area contributed by atoms with E-state index in [1.54, 1.807) is 18.9 Å². The molecule has 1 aromatic heterocycles. The number of piperazine rings is 1. The van der Waals surface area contributed by atoms with Crippen LogP contribution in [0.3, 0.4) is 0 Å². The van der Waals surface area contributed by atoms with Gasteiger partial charge in [-0.15, -0.1) is 0 Å². The van der Waals surface area contributed by atoms with Gasteiger partial charge in [0, 0.05) is 80.1 Å². The minimum atomic E-state index is -0.229. The molecule has 3 aromatic rings. The zero-order chi connectivity index (χ0) is 26.7. The highest BCUT2D eigenvalue weighted by Gasteiger charge is 2.30. The number of para-hydroxylation sites is 1. The number of nitrogens with one attached hydrogen (secondary N) is 3. The maximum Gasteiger partial charge on any atom is 0.220 e. The Hall–Kier alpha value is -3.33. The van der Waals surface area contributed by atoms with Crippen LogP contribution in [0, 0.1) is 0 Å². The molecule has 8 nitrogen and oxygen atoms in total. The minimum absolute atomic E-state index is 0.0433. The average molecular weight is 513 g/mol. The summed E-state index contributed by atoms with van der Waals surface area (Å²) in [5.74, 6) is 0.0433. The standard InChI is InChI=1S/C14H20ClN3O.C11H12N2.C2H5NO/c1-10-7-18(11(2)19)14(16)9-17(10)8-12-4-3-5-13(15)6-12;1-8(12-2)10-7-13-11-6-4-3-5-9(10)11;1-3-2-4/h3-6,10,14H,7-9,16H2,1-2H3;3-7,12-13H,1H2,2H3;2H,1H3,(H,3,4). The van der Waals surface area contributed by atoms with Crippen molar-refractivity contribution >= 4 is 40.5 Å². The third-order valence-electron chi connectivity index (χ3n) is 5.92. The molecular formula is C27H37ClN6O2. The molecule has 0 saturated carbocycles. The van der Waals surface area contributed by atoms with E-state index in [4.69, 9.17) is 22.1 Å². The number of H-pyrrole nitrogens is 1. The van der Waals surface area contributed by atoms with Crippen molar-refractivity contribution < 1.29 is 9.59 Å². The smallest absolute Gasteiger partial charge is 0.220 e. The minimum Gasteiger partial charge on any atom is -0.388 e. The van der Waals surface area contributed by atoms with Gasteiger partial charge in [-0.05, 0) is 30.7 Å². The van der Waals surface area contributed by atoms with Crippen LogP contribution in [0.25, 0.3) is 16.6 Å². The highest BCUT2D eigenvalue weighted by Crippen LogP contribution is 2.22. The third-order valence-corrected chi connectivity index (χ3v) is 6.15. The molecule has 5 N–H and O–H groups in total. The quantitative estimate of drug-likeness (QED) is 0.392. The van der Waals surface area contributed by atoms with E-state index in [1.165, 1.54) is 10.9 Å². The van der Waals surface area contributed by atoms with Crippen molar-refractivity contribution in [1.82, 2.24) is 25.4 Å². The zero-order valence-electron chi connectivity index (χ0n) is 21.4. The molecule has 1 aliphatic rings. The van der Waals surface area contributed by atoms with E-state index in [2.05, 4.69) is 52.2 Å². The van der Waals surface area contributed by atoms with E-state index in [9.17, 15) is 4.79 Å². The molecule has 0 radical (unpaired) electrons. The van der Waals surface area contributed by atoms with E-state index < -0.39 is 0 Å². The lowest BCUT2D eigenvalue weighted by atomic mass is 10.1. The van der Waals surface area contributed by atoms with E-state index in [1.807, 2.05) is 43.6 Å². The van der Waals surface area contributed by atoms with Gasteiger partial charge in [0.25, 0.3) is 0 Å². The third kappa shape index (κ3) is 8.12. The number of rotatable bonds is 5. The lowest BCUT2D eigenvalue weighted by Gasteiger charge is -2.43. The van der Waals surface area contributed by atoms with Gasteiger partial charge in [0.05, 0.1) is 6.17 Å². The number of nitrogens with zero attached hydrogens (tertiary/aromatic N) is 2. The second-order valence-corrected chi connectivity index (χ2v) is 8.97. The normalized spacial score (nSPS) is 17.2. The highest BCUT2D eigenvalue weighted by atomic mass is 35.5. The molecule has 1 saturated heterocycles. The van der Waals surface area contributed by atoms with Crippen molar-refractivity contribution in [2.45, 2.75) is 32.6 Å². The summed E-state index contributed by atoms with van der Waals surface area (Å²) in [7, 11) is 3.44. The number of carbonyl (C=O) groups excluding carboxylic acids is 2. The average Bonchev–Trinajstić information content (AvgIpc) is 3.30. The Balaban J connectivity index is 0.000000232. The summed E-state index contributed by atoms with van der Waals surface area (Å²) < 4.78 is 0. The first kappa shape index (κ1) is 28.9. The number of hydrogen-bond donors (Lipinski definition) is 4. The molecule has 0 aliphatic carbocycles. The van der Waals surface area contributed by atoms with Crippen LogP contribution in [-0.2, 0) is 16.1 Å². The summed E-state index contributed by atoms with van der Waals surface area (Å²) in [5, 5.41) is 7.25. The number of aromatic amines is 1. The molecule has 36 heavy (non-hydrogen) atoms. The molecule has 2 heterocycles. The molecule has 9 heteroatoms. The molecule has 0 spiro atoms. The van der Waals surface area contributed by atoms with Gasteiger partial charge in [-0.3, -0.25) is 14.5 Å². The predicted molar refractivity (Wildman–Crippen MR) is 148 cm³/mol. The van der Waals surface area contributed by atoms with Crippen molar-refractivity contribution in [3.8, 4) is 0 Å². The fourth-order valence-corrected chi connectivity index (χ4v) is 4.18. The van der Waals surface area contributed by atoms with Crippen molar-refractivity contribution in [1.29, 1.82) is 0 Å². The first-order valence-corrected chi connectivity index (χ1v) is 12.1. The number of halogens is 1. The molecule has 1 aliphatic heterocycles. The van der Waals surface area contributed by atoms with Crippen molar-refractivity contribution in [2.75, 3.05) is 27.2 Å². The molecule has 0 bridgehead atoms. The van der Waals surface area contributed by atoms with Gasteiger partial charge in [-0.2, -0.15) is 0 Å². The van der Waals surface area contributed by atoms with Crippen molar-refractivity contribution in [3.05, 3.63) is 77.5 Å². The summed E-state index contributed by atoms with van der Waals surface area (Å²) >= 11 is 6.00. The van der Waals surface area contributed by atoms with Gasteiger partial charge in [0.1, 0.15) is 0 Å². The van der Waals surface area contributed by atoms with Gasteiger partial charge in [0.15, 0.2) is 0 Å². The van der Waals surface area contributed by atoms with Crippen LogP contribution in [0.2, 0.25) is 5.02 Å². The van der Waals surface area contributed by atoms with Crippen LogP contribution in [0.1, 0.15) is 25.0 Å². The molecule has 2 aromatic carbocycles. The largest absolute Gasteiger partial charge is 0.388 e. The number of aromatic nitrogens is 1. The summed E-state index contributed by atoms with van der Waals surface area (Å²) in [6.07, 6.45) is 2.37. The summed E-state index contributed by atoms with van der Waals surface area (Å²) in [6, 6.07) is 16.3. The van der Waals surface area contributed by atoms with Gasteiger partial charge in [0.2, 0.25) is 12.3 Å². The van der Waals surface area contributed by atoms with Gasteiger partial charge >= 0.3 is 0 Å². The monoisotopic (exact) mass is 512 g/mol. The first-order chi connectivity index (χ1) is 17.2. The number of fused-ring (bicyclic) bond motifs is 1. The summed E-state index contributed by atoms with van der Waals surface area (Å²) in [5.41, 5.74) is 10.4. The Labute approximate surface area is 218 Å². The topological polar surface area (TPSA) is 106 Å².